The summed E-state index contributed by atoms with van der Waals surface area (Å²) in [6.07, 6.45) is 9.37. The fourth-order valence-electron chi connectivity index (χ4n) is 3.21. The lowest BCUT2D eigenvalue weighted by atomic mass is 9.93. The number of nitrogens with zero attached hydrogens (tertiary/aromatic N) is 1. The second kappa shape index (κ2) is 6.27. The van der Waals surface area contributed by atoms with Crippen LogP contribution in [0, 0.1) is 0 Å². The van der Waals surface area contributed by atoms with Gasteiger partial charge >= 0.3 is 0 Å². The monoisotopic (exact) mass is 242 g/mol. The summed E-state index contributed by atoms with van der Waals surface area (Å²) in [7, 11) is 0. The molecule has 1 saturated carbocycles. The van der Waals surface area contributed by atoms with Gasteiger partial charge in [-0.2, -0.15) is 11.8 Å². The normalized spacial score (nSPS) is 38.2. The minimum atomic E-state index is 0.673. The first-order chi connectivity index (χ1) is 7.81. The van der Waals surface area contributed by atoms with E-state index in [1.807, 2.05) is 0 Å². The molecule has 1 aliphatic heterocycles. The van der Waals surface area contributed by atoms with Crippen molar-refractivity contribution in [3.05, 3.63) is 0 Å². The van der Waals surface area contributed by atoms with Gasteiger partial charge in [0.05, 0.1) is 0 Å². The van der Waals surface area contributed by atoms with Gasteiger partial charge in [0.2, 0.25) is 0 Å². The van der Waals surface area contributed by atoms with Gasteiger partial charge in [0.15, 0.2) is 0 Å². The van der Waals surface area contributed by atoms with E-state index >= 15 is 0 Å². The van der Waals surface area contributed by atoms with E-state index in [2.05, 4.69) is 35.2 Å². The van der Waals surface area contributed by atoms with Crippen LogP contribution in [0.25, 0.3) is 0 Å². The van der Waals surface area contributed by atoms with E-state index in [1.54, 1.807) is 0 Å². The second-order valence-corrected chi connectivity index (χ2v) is 6.41. The van der Waals surface area contributed by atoms with Crippen molar-refractivity contribution in [2.24, 2.45) is 0 Å². The minimum Gasteiger partial charge on any atom is -0.313 e. The highest BCUT2D eigenvalue weighted by Gasteiger charge is 2.30. The zero-order valence-corrected chi connectivity index (χ0v) is 11.6. The first kappa shape index (κ1) is 12.7. The molecule has 3 atom stereocenters. The molecule has 3 unspecified atom stereocenters. The van der Waals surface area contributed by atoms with Crippen LogP contribution < -0.4 is 5.32 Å². The molecule has 3 heteroatoms. The smallest absolute Gasteiger partial charge is 0.0215 e. The lowest BCUT2D eigenvalue weighted by Crippen LogP contribution is -2.47. The van der Waals surface area contributed by atoms with Gasteiger partial charge in [-0.3, -0.25) is 4.90 Å². The molecule has 1 aliphatic carbocycles. The first-order valence-electron chi connectivity index (χ1n) is 6.81. The summed E-state index contributed by atoms with van der Waals surface area (Å²) in [6.45, 7) is 6.09. The van der Waals surface area contributed by atoms with E-state index in [1.165, 1.54) is 51.7 Å². The van der Waals surface area contributed by atoms with Gasteiger partial charge in [0, 0.05) is 23.9 Å². The predicted molar refractivity (Wildman–Crippen MR) is 73.2 cm³/mol. The number of thioether (sulfide) groups is 1. The molecule has 0 aromatic heterocycles. The van der Waals surface area contributed by atoms with Gasteiger partial charge in [-0.15, -0.1) is 0 Å². The summed E-state index contributed by atoms with van der Waals surface area (Å²) in [5.74, 6) is 0. The fourth-order valence-corrected chi connectivity index (χ4v) is 4.23. The van der Waals surface area contributed by atoms with Crippen molar-refractivity contribution in [1.82, 2.24) is 10.2 Å². The molecule has 0 aromatic carbocycles. The van der Waals surface area contributed by atoms with E-state index < -0.39 is 0 Å². The Balaban J connectivity index is 1.96. The van der Waals surface area contributed by atoms with Gasteiger partial charge in [-0.05, 0) is 45.5 Å². The molecule has 2 nitrogen and oxygen atoms in total. The third kappa shape index (κ3) is 3.14. The minimum absolute atomic E-state index is 0.673. The molecule has 2 aliphatic rings. The van der Waals surface area contributed by atoms with Crippen molar-refractivity contribution in [2.45, 2.75) is 56.4 Å². The Morgan fingerprint density at radius 1 is 1.19 bits per heavy atom. The number of hydrogen-bond donors (Lipinski definition) is 1. The van der Waals surface area contributed by atoms with E-state index in [0.29, 0.717) is 6.04 Å². The summed E-state index contributed by atoms with van der Waals surface area (Å²) < 4.78 is 0. The zero-order chi connectivity index (χ0) is 11.4. The lowest BCUT2D eigenvalue weighted by molar-refractivity contribution is 0.161. The Morgan fingerprint density at radius 3 is 2.81 bits per heavy atom. The molecule has 0 aromatic rings. The molecule has 0 amide bonds. The number of hydrogen-bond acceptors (Lipinski definition) is 3. The van der Waals surface area contributed by atoms with Crippen molar-refractivity contribution in [3.63, 3.8) is 0 Å². The van der Waals surface area contributed by atoms with Crippen LogP contribution >= 0.6 is 11.8 Å². The van der Waals surface area contributed by atoms with E-state index in [4.69, 9.17) is 0 Å². The molecule has 2 rings (SSSR count). The van der Waals surface area contributed by atoms with Crippen LogP contribution in [0.4, 0.5) is 0 Å². The zero-order valence-electron chi connectivity index (χ0n) is 10.7. The molecule has 0 radical (unpaired) electrons. The van der Waals surface area contributed by atoms with Crippen molar-refractivity contribution < 1.29 is 0 Å². The molecular formula is C13H26N2S. The van der Waals surface area contributed by atoms with E-state index in [-0.39, 0.29) is 0 Å². The Hall–Kier alpha value is 0.270. The SMILES string of the molecule is CSC1CCCCC1N1CCCNC(C)C1. The van der Waals surface area contributed by atoms with Gasteiger partial charge in [-0.25, -0.2) is 0 Å². The molecular weight excluding hydrogens is 216 g/mol. The van der Waals surface area contributed by atoms with Crippen LogP contribution in [0.2, 0.25) is 0 Å². The van der Waals surface area contributed by atoms with Crippen molar-refractivity contribution >= 4 is 11.8 Å². The lowest BCUT2D eigenvalue weighted by Gasteiger charge is -2.39. The van der Waals surface area contributed by atoms with Gasteiger partial charge in [0.1, 0.15) is 0 Å². The first-order valence-corrected chi connectivity index (χ1v) is 8.10. The third-order valence-corrected chi connectivity index (χ3v) is 5.22. The van der Waals surface area contributed by atoms with Crippen LogP contribution in [0.15, 0.2) is 0 Å². The van der Waals surface area contributed by atoms with Crippen LogP contribution in [0.3, 0.4) is 0 Å². The largest absolute Gasteiger partial charge is 0.313 e. The predicted octanol–water partition coefficient (Wildman–Crippen LogP) is 2.34. The second-order valence-electron chi connectivity index (χ2n) is 5.33. The maximum Gasteiger partial charge on any atom is 0.0215 e. The summed E-state index contributed by atoms with van der Waals surface area (Å²) in [6, 6.07) is 1.53. The van der Waals surface area contributed by atoms with Crippen molar-refractivity contribution in [3.8, 4) is 0 Å². The number of nitrogens with one attached hydrogen (secondary N) is 1. The Kier molecular flexibility index (Phi) is 4.98. The summed E-state index contributed by atoms with van der Waals surface area (Å²) in [4.78, 5) is 2.77. The maximum absolute atomic E-state index is 3.60. The highest BCUT2D eigenvalue weighted by atomic mass is 32.2. The molecule has 0 bridgehead atoms. The highest BCUT2D eigenvalue weighted by molar-refractivity contribution is 7.99. The Labute approximate surface area is 105 Å². The van der Waals surface area contributed by atoms with Crippen molar-refractivity contribution in [2.75, 3.05) is 25.9 Å². The number of rotatable bonds is 2. The standard InChI is InChI=1S/C13H26N2S/c1-11-10-15(9-5-8-14-11)12-6-3-4-7-13(12)16-2/h11-14H,3-10H2,1-2H3. The molecule has 94 valence electrons. The maximum atomic E-state index is 3.60. The summed E-state index contributed by atoms with van der Waals surface area (Å²) in [5.41, 5.74) is 0. The van der Waals surface area contributed by atoms with Crippen LogP contribution in [0.1, 0.15) is 39.0 Å². The summed E-state index contributed by atoms with van der Waals surface area (Å²) in [5, 5.41) is 4.49. The van der Waals surface area contributed by atoms with Crippen molar-refractivity contribution in [1.29, 1.82) is 0 Å². The van der Waals surface area contributed by atoms with E-state index in [9.17, 15) is 0 Å². The van der Waals surface area contributed by atoms with Crippen LogP contribution in [0.5, 0.6) is 0 Å². The fraction of sp³-hybridized carbons (Fsp3) is 1.00. The van der Waals surface area contributed by atoms with Gasteiger partial charge in [0.25, 0.3) is 0 Å². The Bertz CT molecular complexity index is 210. The van der Waals surface area contributed by atoms with Crippen LogP contribution in [-0.2, 0) is 0 Å². The highest BCUT2D eigenvalue weighted by Crippen LogP contribution is 2.31. The van der Waals surface area contributed by atoms with E-state index in [0.717, 1.165) is 11.3 Å². The van der Waals surface area contributed by atoms with Crippen LogP contribution in [-0.4, -0.2) is 48.1 Å². The molecule has 1 N–H and O–H groups in total. The average Bonchev–Trinajstić information content (AvgIpc) is 2.54. The topological polar surface area (TPSA) is 15.3 Å². The Morgan fingerprint density at radius 2 is 2.00 bits per heavy atom. The summed E-state index contributed by atoms with van der Waals surface area (Å²) >= 11 is 2.09. The molecule has 2 fully saturated rings. The molecule has 16 heavy (non-hydrogen) atoms. The quantitative estimate of drug-likeness (QED) is 0.800. The molecule has 1 saturated heterocycles. The van der Waals surface area contributed by atoms with Gasteiger partial charge < -0.3 is 5.32 Å². The molecule has 0 spiro atoms. The third-order valence-electron chi connectivity index (χ3n) is 4.06. The average molecular weight is 242 g/mol. The molecule has 1 heterocycles. The van der Waals surface area contributed by atoms with Gasteiger partial charge in [-0.1, -0.05) is 12.8 Å².